The Bertz CT molecular complexity index is 661. The number of nitrogens with zero attached hydrogens (tertiary/aromatic N) is 1. The number of hydrogen-bond donors (Lipinski definition) is 0. The SMILES string of the molecule is N#CCC1C=CC(P(c2ccccc2)C2C=CC=CC2)=CC1. The second kappa shape index (κ2) is 7.39. The zero-order valence-corrected chi connectivity index (χ0v) is 13.5. The van der Waals surface area contributed by atoms with Crippen molar-refractivity contribution in [1.82, 2.24) is 0 Å². The van der Waals surface area contributed by atoms with Crippen LogP contribution in [0.1, 0.15) is 19.3 Å². The fraction of sp³-hybridized carbons (Fsp3) is 0.250. The molecule has 3 unspecified atom stereocenters. The van der Waals surface area contributed by atoms with Crippen molar-refractivity contribution in [2.24, 2.45) is 5.92 Å². The van der Waals surface area contributed by atoms with E-state index in [1.807, 2.05) is 0 Å². The summed E-state index contributed by atoms with van der Waals surface area (Å²) in [5.74, 6) is 0.392. The highest BCUT2D eigenvalue weighted by Gasteiger charge is 2.24. The molecule has 0 amide bonds. The van der Waals surface area contributed by atoms with Crippen molar-refractivity contribution in [2.45, 2.75) is 24.9 Å². The van der Waals surface area contributed by atoms with E-state index in [0.717, 1.165) is 12.8 Å². The predicted octanol–water partition coefficient (Wildman–Crippen LogP) is 5.05. The van der Waals surface area contributed by atoms with Gasteiger partial charge in [0.15, 0.2) is 0 Å². The van der Waals surface area contributed by atoms with Gasteiger partial charge in [0.1, 0.15) is 0 Å². The third-order valence-electron chi connectivity index (χ3n) is 4.12. The highest BCUT2D eigenvalue weighted by Crippen LogP contribution is 2.52. The van der Waals surface area contributed by atoms with Crippen LogP contribution in [0.4, 0.5) is 0 Å². The van der Waals surface area contributed by atoms with E-state index in [9.17, 15) is 0 Å². The van der Waals surface area contributed by atoms with E-state index in [1.54, 1.807) is 0 Å². The van der Waals surface area contributed by atoms with Gasteiger partial charge in [0, 0.05) is 12.1 Å². The average molecular weight is 305 g/mol. The number of hydrogen-bond acceptors (Lipinski definition) is 1. The molecule has 3 rings (SSSR count). The molecule has 1 aromatic rings. The van der Waals surface area contributed by atoms with Crippen molar-refractivity contribution in [1.29, 1.82) is 5.26 Å². The molecule has 0 spiro atoms. The molecule has 3 atom stereocenters. The van der Waals surface area contributed by atoms with Crippen LogP contribution in [0.2, 0.25) is 0 Å². The topological polar surface area (TPSA) is 23.8 Å². The maximum Gasteiger partial charge on any atom is 0.0628 e. The molecule has 0 bridgehead atoms. The van der Waals surface area contributed by atoms with Crippen molar-refractivity contribution < 1.29 is 0 Å². The van der Waals surface area contributed by atoms with Gasteiger partial charge in [-0.3, -0.25) is 0 Å². The van der Waals surface area contributed by atoms with Gasteiger partial charge in [0.25, 0.3) is 0 Å². The Kier molecular flexibility index (Phi) is 5.04. The summed E-state index contributed by atoms with van der Waals surface area (Å²) in [4.78, 5) is 0. The zero-order chi connectivity index (χ0) is 15.2. The minimum atomic E-state index is -0.367. The first kappa shape index (κ1) is 15.0. The molecule has 0 radical (unpaired) electrons. The lowest BCUT2D eigenvalue weighted by Crippen LogP contribution is -2.14. The standard InChI is InChI=1S/C20H20NP/c21-16-15-17-11-13-20(14-12-17)22(18-7-3-1-4-8-18)19-9-5-2-6-10-19/h1-9,11,13-14,17,19H,10,12,15H2. The molecule has 0 fully saturated rings. The Morgan fingerprint density at radius 1 is 1.09 bits per heavy atom. The number of nitriles is 1. The summed E-state index contributed by atoms with van der Waals surface area (Å²) in [7, 11) is -0.367. The molecule has 2 heteroatoms. The molecule has 1 aromatic carbocycles. The van der Waals surface area contributed by atoms with Crippen LogP contribution in [0, 0.1) is 17.2 Å². The van der Waals surface area contributed by atoms with Gasteiger partial charge >= 0.3 is 0 Å². The van der Waals surface area contributed by atoms with Crippen molar-refractivity contribution in [3.8, 4) is 6.07 Å². The van der Waals surface area contributed by atoms with Crippen LogP contribution in [-0.2, 0) is 0 Å². The van der Waals surface area contributed by atoms with Crippen LogP contribution in [0.5, 0.6) is 0 Å². The number of rotatable bonds is 4. The second-order valence-electron chi connectivity index (χ2n) is 5.67. The summed E-state index contributed by atoms with van der Waals surface area (Å²) in [6, 6.07) is 13.2. The van der Waals surface area contributed by atoms with Crippen LogP contribution in [0.3, 0.4) is 0 Å². The quantitative estimate of drug-likeness (QED) is 0.714. The highest BCUT2D eigenvalue weighted by molar-refractivity contribution is 7.70. The Labute approximate surface area is 134 Å². The van der Waals surface area contributed by atoms with E-state index in [1.165, 1.54) is 10.6 Å². The summed E-state index contributed by atoms with van der Waals surface area (Å²) in [6.45, 7) is 0. The summed E-state index contributed by atoms with van der Waals surface area (Å²) < 4.78 is 0. The van der Waals surface area contributed by atoms with Crippen molar-refractivity contribution >= 4 is 13.2 Å². The Hall–Kier alpha value is -1.90. The van der Waals surface area contributed by atoms with E-state index >= 15 is 0 Å². The molecule has 22 heavy (non-hydrogen) atoms. The monoisotopic (exact) mass is 305 g/mol. The molecule has 0 saturated heterocycles. The minimum absolute atomic E-state index is 0.367. The largest absolute Gasteiger partial charge is 0.198 e. The lowest BCUT2D eigenvalue weighted by atomic mass is 9.98. The lowest BCUT2D eigenvalue weighted by Gasteiger charge is -2.29. The smallest absolute Gasteiger partial charge is 0.0628 e. The fourth-order valence-corrected chi connectivity index (χ4v) is 5.69. The third-order valence-corrected chi connectivity index (χ3v) is 6.91. The second-order valence-corrected chi connectivity index (χ2v) is 8.10. The van der Waals surface area contributed by atoms with Gasteiger partial charge in [0.2, 0.25) is 0 Å². The van der Waals surface area contributed by atoms with Crippen LogP contribution in [-0.4, -0.2) is 5.66 Å². The van der Waals surface area contributed by atoms with E-state index in [0.29, 0.717) is 18.0 Å². The Balaban J connectivity index is 1.87. The van der Waals surface area contributed by atoms with Gasteiger partial charge in [0.05, 0.1) is 6.07 Å². The van der Waals surface area contributed by atoms with Gasteiger partial charge in [-0.25, -0.2) is 0 Å². The van der Waals surface area contributed by atoms with Crippen LogP contribution in [0.15, 0.2) is 78.2 Å². The van der Waals surface area contributed by atoms with Crippen molar-refractivity contribution in [3.63, 3.8) is 0 Å². The normalized spacial score (nSPS) is 24.6. The maximum atomic E-state index is 8.86. The third kappa shape index (κ3) is 3.46. The van der Waals surface area contributed by atoms with Gasteiger partial charge in [-0.2, -0.15) is 5.26 Å². The van der Waals surface area contributed by atoms with E-state index in [4.69, 9.17) is 5.26 Å². The van der Waals surface area contributed by atoms with E-state index < -0.39 is 0 Å². The van der Waals surface area contributed by atoms with Crippen LogP contribution >= 0.6 is 7.92 Å². The van der Waals surface area contributed by atoms with Crippen LogP contribution in [0.25, 0.3) is 0 Å². The minimum Gasteiger partial charge on any atom is -0.198 e. The average Bonchev–Trinajstić information content (AvgIpc) is 2.59. The molecule has 0 N–H and O–H groups in total. The highest BCUT2D eigenvalue weighted by atomic mass is 31.1. The molecular formula is C20H20NP. The summed E-state index contributed by atoms with van der Waals surface area (Å²) in [6.07, 6.45) is 18.6. The summed E-state index contributed by atoms with van der Waals surface area (Å²) >= 11 is 0. The fourth-order valence-electron chi connectivity index (χ4n) is 2.98. The number of allylic oxidation sites excluding steroid dienone is 8. The van der Waals surface area contributed by atoms with Crippen molar-refractivity contribution in [2.75, 3.05) is 0 Å². The Morgan fingerprint density at radius 3 is 2.59 bits per heavy atom. The van der Waals surface area contributed by atoms with Crippen molar-refractivity contribution in [3.05, 3.63) is 78.2 Å². The van der Waals surface area contributed by atoms with E-state index in [2.05, 4.69) is 78.9 Å². The zero-order valence-electron chi connectivity index (χ0n) is 12.6. The first-order valence-corrected chi connectivity index (χ1v) is 9.22. The van der Waals surface area contributed by atoms with Gasteiger partial charge < -0.3 is 0 Å². The Morgan fingerprint density at radius 2 is 1.95 bits per heavy atom. The maximum absolute atomic E-state index is 8.86. The molecule has 2 aliphatic carbocycles. The van der Waals surface area contributed by atoms with Gasteiger partial charge in [-0.05, 0) is 37.3 Å². The van der Waals surface area contributed by atoms with Gasteiger partial charge in [-0.15, -0.1) is 0 Å². The van der Waals surface area contributed by atoms with E-state index in [-0.39, 0.29) is 7.92 Å². The molecule has 110 valence electrons. The molecule has 0 aliphatic heterocycles. The summed E-state index contributed by atoms with van der Waals surface area (Å²) in [5.41, 5.74) is 0.575. The number of benzene rings is 1. The molecular weight excluding hydrogens is 285 g/mol. The lowest BCUT2D eigenvalue weighted by molar-refractivity contribution is 0.674. The van der Waals surface area contributed by atoms with Gasteiger partial charge in [-0.1, -0.05) is 72.9 Å². The molecule has 0 heterocycles. The summed E-state index contributed by atoms with van der Waals surface area (Å²) in [5, 5.41) is 11.8. The molecule has 0 aromatic heterocycles. The first-order valence-electron chi connectivity index (χ1n) is 7.81. The molecule has 0 saturated carbocycles. The first-order chi connectivity index (χ1) is 10.9. The molecule has 1 nitrogen and oxygen atoms in total. The van der Waals surface area contributed by atoms with Crippen LogP contribution < -0.4 is 5.30 Å². The predicted molar refractivity (Wildman–Crippen MR) is 95.2 cm³/mol. The molecule has 2 aliphatic rings.